The number of carbonyl (C=O) groups is 1. The fourth-order valence-corrected chi connectivity index (χ4v) is 3.29. The van der Waals surface area contributed by atoms with Gasteiger partial charge in [0.15, 0.2) is 0 Å². The predicted octanol–water partition coefficient (Wildman–Crippen LogP) is 2.27. The number of aromatic nitrogens is 2. The average molecular weight is 319 g/mol. The van der Waals surface area contributed by atoms with Crippen molar-refractivity contribution in [2.75, 3.05) is 0 Å². The summed E-state index contributed by atoms with van der Waals surface area (Å²) in [7, 11) is 0. The molecule has 120 valence electrons. The fourth-order valence-electron chi connectivity index (χ4n) is 3.29. The van der Waals surface area contributed by atoms with Crippen LogP contribution in [0.25, 0.3) is 10.9 Å². The highest BCUT2D eigenvalue weighted by Gasteiger charge is 2.19. The number of carbonyl (C=O) groups excluding carboxylic acids is 1. The standard InChI is InChI=1S/C19H17N3O2/c23-18-15-8-3-5-13-6-4-10-22(17(13)15)12-16(18)19(24)21-11-14-7-1-2-9-20-14/h1-3,5,7-9,12H,4,6,10-11H2,(H,21,24). The lowest BCUT2D eigenvalue weighted by Gasteiger charge is -2.20. The van der Waals surface area contributed by atoms with Gasteiger partial charge in [0, 0.05) is 24.3 Å². The monoisotopic (exact) mass is 319 g/mol. The van der Waals surface area contributed by atoms with Gasteiger partial charge in [0.2, 0.25) is 5.43 Å². The van der Waals surface area contributed by atoms with Gasteiger partial charge in [-0.05, 0) is 36.6 Å². The molecule has 4 rings (SSSR count). The van der Waals surface area contributed by atoms with Gasteiger partial charge in [-0.3, -0.25) is 14.6 Å². The summed E-state index contributed by atoms with van der Waals surface area (Å²) in [5.74, 6) is -0.354. The van der Waals surface area contributed by atoms with E-state index in [2.05, 4.69) is 16.4 Å². The Bertz CT molecular complexity index is 977. The van der Waals surface area contributed by atoms with E-state index in [0.29, 0.717) is 11.9 Å². The first kappa shape index (κ1) is 14.6. The number of para-hydroxylation sites is 1. The molecule has 0 unspecified atom stereocenters. The first-order valence-corrected chi connectivity index (χ1v) is 8.07. The summed E-state index contributed by atoms with van der Waals surface area (Å²) in [5, 5.41) is 3.41. The summed E-state index contributed by atoms with van der Waals surface area (Å²) in [5.41, 5.74) is 2.89. The lowest BCUT2D eigenvalue weighted by Crippen LogP contribution is -2.30. The van der Waals surface area contributed by atoms with Crippen molar-refractivity contribution < 1.29 is 4.79 Å². The molecule has 1 aliphatic rings. The third kappa shape index (κ3) is 2.48. The Hall–Kier alpha value is -2.95. The number of rotatable bonds is 3. The minimum absolute atomic E-state index is 0.192. The van der Waals surface area contributed by atoms with Crippen molar-refractivity contribution in [3.05, 3.63) is 75.8 Å². The molecule has 24 heavy (non-hydrogen) atoms. The molecule has 1 amide bonds. The minimum Gasteiger partial charge on any atom is -0.346 e. The van der Waals surface area contributed by atoms with Crippen LogP contribution in [0.5, 0.6) is 0 Å². The Morgan fingerprint density at radius 1 is 1.21 bits per heavy atom. The third-order valence-corrected chi connectivity index (χ3v) is 4.43. The fraction of sp³-hybridized carbons (Fsp3) is 0.211. The lowest BCUT2D eigenvalue weighted by atomic mass is 10.00. The van der Waals surface area contributed by atoms with E-state index in [1.54, 1.807) is 18.5 Å². The van der Waals surface area contributed by atoms with Crippen molar-refractivity contribution in [3.8, 4) is 0 Å². The van der Waals surface area contributed by atoms with E-state index in [1.807, 2.05) is 28.8 Å². The van der Waals surface area contributed by atoms with E-state index in [0.717, 1.165) is 30.6 Å². The van der Waals surface area contributed by atoms with Gasteiger partial charge in [0.05, 0.1) is 17.8 Å². The van der Waals surface area contributed by atoms with Crippen molar-refractivity contribution in [2.24, 2.45) is 0 Å². The maximum atomic E-state index is 12.7. The number of amides is 1. The van der Waals surface area contributed by atoms with Gasteiger partial charge in [0.1, 0.15) is 5.56 Å². The molecule has 5 heteroatoms. The zero-order valence-corrected chi connectivity index (χ0v) is 13.2. The summed E-state index contributed by atoms with van der Waals surface area (Å²) in [6, 6.07) is 11.3. The van der Waals surface area contributed by atoms with Crippen LogP contribution in [0.1, 0.15) is 28.0 Å². The molecule has 5 nitrogen and oxygen atoms in total. The highest BCUT2D eigenvalue weighted by molar-refractivity contribution is 5.97. The van der Waals surface area contributed by atoms with Crippen LogP contribution in [0.15, 0.2) is 53.6 Å². The number of hydrogen-bond donors (Lipinski definition) is 1. The number of benzene rings is 1. The minimum atomic E-state index is -0.354. The van der Waals surface area contributed by atoms with Gasteiger partial charge in [-0.2, -0.15) is 0 Å². The van der Waals surface area contributed by atoms with Gasteiger partial charge < -0.3 is 9.88 Å². The Labute approximate surface area is 139 Å². The molecule has 0 fully saturated rings. The van der Waals surface area contributed by atoms with Crippen LogP contribution in [-0.2, 0) is 19.5 Å². The summed E-state index contributed by atoms with van der Waals surface area (Å²) in [4.78, 5) is 29.4. The SMILES string of the molecule is O=C(NCc1ccccn1)c1cn2c3c(cccc3c1=O)CCC2. The summed E-state index contributed by atoms with van der Waals surface area (Å²) in [6.07, 6.45) is 5.37. The molecule has 0 saturated carbocycles. The number of nitrogens with zero attached hydrogens (tertiary/aromatic N) is 2. The van der Waals surface area contributed by atoms with Gasteiger partial charge in [0.25, 0.3) is 5.91 Å². The van der Waals surface area contributed by atoms with Crippen molar-refractivity contribution >= 4 is 16.8 Å². The molecule has 0 spiro atoms. The van der Waals surface area contributed by atoms with Crippen LogP contribution in [-0.4, -0.2) is 15.5 Å². The third-order valence-electron chi connectivity index (χ3n) is 4.43. The first-order valence-electron chi connectivity index (χ1n) is 8.07. The molecule has 1 aromatic carbocycles. The van der Waals surface area contributed by atoms with Crippen LogP contribution in [0, 0.1) is 0 Å². The molecular formula is C19H17N3O2. The molecular weight excluding hydrogens is 302 g/mol. The molecule has 1 aliphatic heterocycles. The Morgan fingerprint density at radius 2 is 2.12 bits per heavy atom. The second kappa shape index (κ2) is 5.92. The van der Waals surface area contributed by atoms with Gasteiger partial charge >= 0.3 is 0 Å². The molecule has 0 bridgehead atoms. The molecule has 3 aromatic rings. The van der Waals surface area contributed by atoms with Crippen molar-refractivity contribution in [1.82, 2.24) is 14.9 Å². The zero-order chi connectivity index (χ0) is 16.5. The van der Waals surface area contributed by atoms with Gasteiger partial charge in [-0.1, -0.05) is 18.2 Å². The highest BCUT2D eigenvalue weighted by atomic mass is 16.2. The molecule has 0 aliphatic carbocycles. The molecule has 2 aromatic heterocycles. The smallest absolute Gasteiger partial charge is 0.257 e. The second-order valence-corrected chi connectivity index (χ2v) is 5.99. The molecule has 0 saturated heterocycles. The number of hydrogen-bond acceptors (Lipinski definition) is 3. The van der Waals surface area contributed by atoms with E-state index in [1.165, 1.54) is 5.56 Å². The van der Waals surface area contributed by atoms with Crippen LogP contribution < -0.4 is 10.7 Å². The van der Waals surface area contributed by atoms with E-state index < -0.39 is 0 Å². The topological polar surface area (TPSA) is 64.0 Å². The summed E-state index contributed by atoms with van der Waals surface area (Å²) >= 11 is 0. The van der Waals surface area contributed by atoms with E-state index in [4.69, 9.17) is 0 Å². The van der Waals surface area contributed by atoms with Crippen molar-refractivity contribution in [3.63, 3.8) is 0 Å². The van der Waals surface area contributed by atoms with E-state index in [9.17, 15) is 9.59 Å². The van der Waals surface area contributed by atoms with Gasteiger partial charge in [-0.15, -0.1) is 0 Å². The number of aryl methyl sites for hydroxylation is 2. The lowest BCUT2D eigenvalue weighted by molar-refractivity contribution is 0.0948. The largest absolute Gasteiger partial charge is 0.346 e. The van der Waals surface area contributed by atoms with Crippen LogP contribution in [0.2, 0.25) is 0 Å². The molecule has 0 radical (unpaired) electrons. The highest BCUT2D eigenvalue weighted by Crippen LogP contribution is 2.23. The van der Waals surface area contributed by atoms with Crippen molar-refractivity contribution in [1.29, 1.82) is 0 Å². The Morgan fingerprint density at radius 3 is 2.96 bits per heavy atom. The van der Waals surface area contributed by atoms with Crippen LogP contribution in [0.3, 0.4) is 0 Å². The maximum absolute atomic E-state index is 12.7. The Kier molecular flexibility index (Phi) is 3.61. The summed E-state index contributed by atoms with van der Waals surface area (Å²) < 4.78 is 2.03. The number of nitrogens with one attached hydrogen (secondary N) is 1. The Balaban J connectivity index is 1.71. The van der Waals surface area contributed by atoms with Gasteiger partial charge in [-0.25, -0.2) is 0 Å². The first-order chi connectivity index (χ1) is 11.7. The van der Waals surface area contributed by atoms with Crippen LogP contribution in [0.4, 0.5) is 0 Å². The number of pyridine rings is 2. The maximum Gasteiger partial charge on any atom is 0.257 e. The van der Waals surface area contributed by atoms with E-state index in [-0.39, 0.29) is 16.9 Å². The zero-order valence-electron chi connectivity index (χ0n) is 13.2. The van der Waals surface area contributed by atoms with E-state index >= 15 is 0 Å². The second-order valence-electron chi connectivity index (χ2n) is 5.99. The predicted molar refractivity (Wildman–Crippen MR) is 91.9 cm³/mol. The quantitative estimate of drug-likeness (QED) is 0.805. The van der Waals surface area contributed by atoms with Crippen LogP contribution >= 0.6 is 0 Å². The molecule has 0 atom stereocenters. The normalized spacial score (nSPS) is 13.0. The summed E-state index contributed by atoms with van der Waals surface area (Å²) in [6.45, 7) is 1.13. The van der Waals surface area contributed by atoms with Crippen molar-refractivity contribution in [2.45, 2.75) is 25.9 Å². The molecule has 1 N–H and O–H groups in total. The average Bonchev–Trinajstić information content (AvgIpc) is 2.63. The molecule has 3 heterocycles.